The second kappa shape index (κ2) is 12.0. The molecule has 0 aromatic heterocycles. The van der Waals surface area contributed by atoms with Gasteiger partial charge in [-0.25, -0.2) is 0 Å². The Morgan fingerprint density at radius 2 is 1.42 bits per heavy atom. The Morgan fingerprint density at radius 1 is 0.903 bits per heavy atom. The fourth-order valence-electron chi connectivity index (χ4n) is 2.26. The van der Waals surface area contributed by atoms with Crippen molar-refractivity contribution in [1.82, 2.24) is 4.90 Å². The van der Waals surface area contributed by atoms with Gasteiger partial charge in [-0.05, 0) is 23.3 Å². The van der Waals surface area contributed by atoms with Crippen LogP contribution < -0.4 is 4.74 Å². The first-order valence-corrected chi connectivity index (χ1v) is 12.7. The second-order valence-electron chi connectivity index (χ2n) is 6.66. The first-order valence-electron chi connectivity index (χ1n) is 9.04. The molecule has 0 aliphatic carbocycles. The summed E-state index contributed by atoms with van der Waals surface area (Å²) in [5.74, 6) is -0.418. The molecule has 176 valence electrons. The van der Waals surface area contributed by atoms with Gasteiger partial charge in [-0.15, -0.1) is 0 Å². The number of ether oxygens (including phenoxy) is 2. The quantitative estimate of drug-likeness (QED) is 0.287. The van der Waals surface area contributed by atoms with E-state index < -0.39 is 26.2 Å². The number of rotatable bonds is 13. The SMILES string of the molecule is COC(=O)CCC(=O)N(C)CCOc1cc(COS(C)(=O)=O)cc(COS(C)(=O)=O)c1. The van der Waals surface area contributed by atoms with Crippen molar-refractivity contribution in [3.05, 3.63) is 29.3 Å². The molecular formula is C18H27NO10S2. The zero-order valence-electron chi connectivity index (χ0n) is 17.8. The summed E-state index contributed by atoms with van der Waals surface area (Å²) in [7, 11) is -4.55. The fraction of sp³-hybridized carbons (Fsp3) is 0.556. The highest BCUT2D eigenvalue weighted by Crippen LogP contribution is 2.20. The van der Waals surface area contributed by atoms with Crippen LogP contribution in [0, 0.1) is 0 Å². The van der Waals surface area contributed by atoms with Gasteiger partial charge in [0.25, 0.3) is 20.2 Å². The third kappa shape index (κ3) is 12.3. The normalized spacial score (nSPS) is 11.7. The van der Waals surface area contributed by atoms with E-state index in [0.717, 1.165) is 12.5 Å². The Hall–Kier alpha value is -2.22. The predicted molar refractivity (Wildman–Crippen MR) is 110 cm³/mol. The average molecular weight is 482 g/mol. The maximum Gasteiger partial charge on any atom is 0.306 e. The zero-order valence-corrected chi connectivity index (χ0v) is 19.5. The van der Waals surface area contributed by atoms with Crippen LogP contribution in [0.1, 0.15) is 24.0 Å². The fourth-order valence-corrected chi connectivity index (χ4v) is 2.96. The molecule has 1 rings (SSSR count). The third-order valence-electron chi connectivity index (χ3n) is 3.80. The molecule has 0 radical (unpaired) electrons. The number of nitrogens with zero attached hydrogens (tertiary/aromatic N) is 1. The molecule has 0 fully saturated rings. The lowest BCUT2D eigenvalue weighted by molar-refractivity contribution is -0.143. The topological polar surface area (TPSA) is 143 Å². The molecule has 31 heavy (non-hydrogen) atoms. The van der Waals surface area contributed by atoms with E-state index in [2.05, 4.69) is 4.74 Å². The summed E-state index contributed by atoms with van der Waals surface area (Å²) >= 11 is 0. The summed E-state index contributed by atoms with van der Waals surface area (Å²) in [6.07, 6.45) is 1.81. The van der Waals surface area contributed by atoms with Crippen molar-refractivity contribution in [3.8, 4) is 5.75 Å². The van der Waals surface area contributed by atoms with E-state index in [9.17, 15) is 26.4 Å². The summed E-state index contributed by atoms with van der Waals surface area (Å²) in [5.41, 5.74) is 0.857. The Morgan fingerprint density at radius 3 is 1.87 bits per heavy atom. The number of benzene rings is 1. The van der Waals surface area contributed by atoms with Crippen molar-refractivity contribution in [2.45, 2.75) is 26.1 Å². The van der Waals surface area contributed by atoms with Gasteiger partial charge in [0, 0.05) is 13.5 Å². The van der Waals surface area contributed by atoms with Crippen molar-refractivity contribution < 1.29 is 44.3 Å². The summed E-state index contributed by atoms with van der Waals surface area (Å²) in [6.45, 7) is -0.218. The average Bonchev–Trinajstić information content (AvgIpc) is 2.67. The molecule has 0 atom stereocenters. The smallest absolute Gasteiger partial charge is 0.306 e. The van der Waals surface area contributed by atoms with Gasteiger partial charge in [0.1, 0.15) is 12.4 Å². The maximum atomic E-state index is 12.0. The van der Waals surface area contributed by atoms with Crippen LogP contribution in [-0.2, 0) is 56.1 Å². The largest absolute Gasteiger partial charge is 0.492 e. The minimum absolute atomic E-state index is 0.00840. The van der Waals surface area contributed by atoms with Crippen LogP contribution in [0.2, 0.25) is 0 Å². The van der Waals surface area contributed by atoms with Crippen molar-refractivity contribution in [3.63, 3.8) is 0 Å². The van der Waals surface area contributed by atoms with E-state index in [0.29, 0.717) is 16.9 Å². The lowest BCUT2D eigenvalue weighted by atomic mass is 10.1. The zero-order chi connectivity index (χ0) is 23.7. The van der Waals surface area contributed by atoms with Crippen LogP contribution >= 0.6 is 0 Å². The number of likely N-dealkylation sites (N-methyl/N-ethyl adjacent to an activating group) is 1. The van der Waals surface area contributed by atoms with Crippen molar-refractivity contribution in [2.75, 3.05) is 39.8 Å². The maximum absolute atomic E-state index is 12.0. The molecule has 0 aliphatic rings. The van der Waals surface area contributed by atoms with Crippen molar-refractivity contribution in [2.24, 2.45) is 0 Å². The molecule has 0 saturated heterocycles. The van der Waals surface area contributed by atoms with Crippen molar-refractivity contribution >= 4 is 32.1 Å². The second-order valence-corrected chi connectivity index (χ2v) is 9.95. The number of esters is 1. The highest BCUT2D eigenvalue weighted by Gasteiger charge is 2.13. The number of methoxy groups -OCH3 is 1. The minimum Gasteiger partial charge on any atom is -0.492 e. The van der Waals surface area contributed by atoms with E-state index in [1.54, 1.807) is 7.05 Å². The molecule has 0 bridgehead atoms. The van der Waals surface area contributed by atoms with Gasteiger partial charge in [-0.3, -0.25) is 18.0 Å². The van der Waals surface area contributed by atoms with E-state index >= 15 is 0 Å². The number of hydrogen-bond donors (Lipinski definition) is 0. The molecule has 1 amide bonds. The highest BCUT2D eigenvalue weighted by molar-refractivity contribution is 7.86. The molecular weight excluding hydrogens is 454 g/mol. The van der Waals surface area contributed by atoms with E-state index in [4.69, 9.17) is 13.1 Å². The summed E-state index contributed by atoms with van der Waals surface area (Å²) < 4.78 is 64.6. The number of hydrogen-bond acceptors (Lipinski definition) is 10. The number of carbonyl (C=O) groups excluding carboxylic acids is 2. The molecule has 0 unspecified atom stereocenters. The first-order chi connectivity index (χ1) is 14.3. The van der Waals surface area contributed by atoms with Gasteiger partial charge in [-0.1, -0.05) is 6.07 Å². The van der Waals surface area contributed by atoms with Crippen LogP contribution in [0.3, 0.4) is 0 Å². The molecule has 0 N–H and O–H groups in total. The molecule has 0 saturated carbocycles. The highest BCUT2D eigenvalue weighted by atomic mass is 32.2. The van der Waals surface area contributed by atoms with E-state index in [-0.39, 0.29) is 45.1 Å². The van der Waals surface area contributed by atoms with Crippen LogP contribution in [-0.4, -0.2) is 73.4 Å². The molecule has 0 aliphatic heterocycles. The molecule has 13 heteroatoms. The molecule has 1 aromatic carbocycles. The molecule has 0 spiro atoms. The van der Waals surface area contributed by atoms with Crippen molar-refractivity contribution in [1.29, 1.82) is 0 Å². The molecule has 11 nitrogen and oxygen atoms in total. The Kier molecular flexibility index (Phi) is 10.4. The van der Waals surface area contributed by atoms with Gasteiger partial charge in [0.15, 0.2) is 0 Å². The number of carbonyl (C=O) groups is 2. The van der Waals surface area contributed by atoms with Gasteiger partial charge in [0.05, 0.1) is 45.8 Å². The van der Waals surface area contributed by atoms with Gasteiger partial charge < -0.3 is 14.4 Å². The standard InChI is InChI=1S/C18H27NO10S2/c1-19(17(20)5-6-18(21)26-2)7-8-27-16-10-14(12-28-30(3,22)23)9-15(11-16)13-29-31(4,24)25/h9-11H,5-8,12-13H2,1-4H3. The van der Waals surface area contributed by atoms with Gasteiger partial charge >= 0.3 is 5.97 Å². The molecule has 1 aromatic rings. The lowest BCUT2D eigenvalue weighted by Gasteiger charge is -2.18. The lowest BCUT2D eigenvalue weighted by Crippen LogP contribution is -2.31. The Bertz CT molecular complexity index is 919. The summed E-state index contributed by atoms with van der Waals surface area (Å²) in [5, 5.41) is 0. The Labute approximate surface area is 182 Å². The number of amides is 1. The summed E-state index contributed by atoms with van der Waals surface area (Å²) in [6, 6.07) is 4.61. The van der Waals surface area contributed by atoms with Crippen LogP contribution in [0.15, 0.2) is 18.2 Å². The third-order valence-corrected chi connectivity index (χ3v) is 4.89. The first kappa shape index (κ1) is 26.8. The van der Waals surface area contributed by atoms with Crippen LogP contribution in [0.5, 0.6) is 5.75 Å². The monoisotopic (exact) mass is 481 g/mol. The van der Waals surface area contributed by atoms with E-state index in [1.165, 1.54) is 30.2 Å². The van der Waals surface area contributed by atoms with Gasteiger partial charge in [-0.2, -0.15) is 16.8 Å². The minimum atomic E-state index is -3.68. The molecule has 0 heterocycles. The van der Waals surface area contributed by atoms with Crippen LogP contribution in [0.4, 0.5) is 0 Å². The Balaban J connectivity index is 2.77. The van der Waals surface area contributed by atoms with E-state index in [1.807, 2.05) is 0 Å². The summed E-state index contributed by atoms with van der Waals surface area (Å²) in [4.78, 5) is 24.5. The van der Waals surface area contributed by atoms with Gasteiger partial charge in [0.2, 0.25) is 5.91 Å². The predicted octanol–water partition coefficient (Wildman–Crippen LogP) is 0.429. The van der Waals surface area contributed by atoms with Crippen LogP contribution in [0.25, 0.3) is 0 Å².